The normalized spacial score (nSPS) is 17.4. The van der Waals surface area contributed by atoms with Gasteiger partial charge in [-0.15, -0.1) is 0 Å². The molecule has 0 aliphatic carbocycles. The minimum atomic E-state index is 0.855. The first-order chi connectivity index (χ1) is 8.83. The summed E-state index contributed by atoms with van der Waals surface area (Å²) in [6.07, 6.45) is 4.99. The molecule has 0 radical (unpaired) electrons. The molecule has 0 N–H and O–H groups in total. The molecule has 1 aliphatic rings. The predicted molar refractivity (Wildman–Crippen MR) is 73.9 cm³/mol. The van der Waals surface area contributed by atoms with Gasteiger partial charge in [0.2, 0.25) is 0 Å². The molecule has 1 aliphatic heterocycles. The molecule has 96 valence electrons. The predicted octanol–water partition coefficient (Wildman–Crippen LogP) is 1.97. The molecular formula is C13H16BrN3O. The van der Waals surface area contributed by atoms with Crippen molar-refractivity contribution in [1.82, 2.24) is 14.3 Å². The van der Waals surface area contributed by atoms with Gasteiger partial charge in [-0.05, 0) is 28.1 Å². The van der Waals surface area contributed by atoms with E-state index in [1.807, 2.05) is 12.3 Å². The van der Waals surface area contributed by atoms with Crippen molar-refractivity contribution in [1.29, 1.82) is 0 Å². The second-order valence-corrected chi connectivity index (χ2v) is 5.44. The first kappa shape index (κ1) is 12.1. The minimum absolute atomic E-state index is 0.855. The van der Waals surface area contributed by atoms with Crippen LogP contribution in [0.1, 0.15) is 5.82 Å². The number of imidazole rings is 1. The summed E-state index contributed by atoms with van der Waals surface area (Å²) in [6.45, 7) is 4.83. The van der Waals surface area contributed by atoms with E-state index in [-0.39, 0.29) is 0 Å². The summed E-state index contributed by atoms with van der Waals surface area (Å²) in [6, 6.07) is 4.12. The van der Waals surface area contributed by atoms with Crippen molar-refractivity contribution in [3.63, 3.8) is 0 Å². The van der Waals surface area contributed by atoms with Crippen LogP contribution in [0, 0.1) is 0 Å². The van der Waals surface area contributed by atoms with Crippen LogP contribution in [0.3, 0.4) is 0 Å². The molecule has 3 heterocycles. The van der Waals surface area contributed by atoms with Gasteiger partial charge in [-0.2, -0.15) is 0 Å². The van der Waals surface area contributed by atoms with Gasteiger partial charge in [-0.1, -0.05) is 0 Å². The monoisotopic (exact) mass is 309 g/mol. The van der Waals surface area contributed by atoms with Crippen LogP contribution in [-0.4, -0.2) is 47.1 Å². The molecule has 0 amide bonds. The number of morpholine rings is 1. The molecular weight excluding hydrogens is 294 g/mol. The highest BCUT2D eigenvalue weighted by Gasteiger charge is 2.11. The largest absolute Gasteiger partial charge is 0.379 e. The lowest BCUT2D eigenvalue weighted by atomic mass is 10.3. The number of nitrogens with zero attached hydrogens (tertiary/aromatic N) is 3. The highest BCUT2D eigenvalue weighted by molar-refractivity contribution is 9.10. The van der Waals surface area contributed by atoms with Gasteiger partial charge in [0.25, 0.3) is 0 Å². The maximum atomic E-state index is 5.35. The van der Waals surface area contributed by atoms with Crippen molar-refractivity contribution in [3.8, 4) is 0 Å². The summed E-state index contributed by atoms with van der Waals surface area (Å²) >= 11 is 3.50. The first-order valence-electron chi connectivity index (χ1n) is 6.24. The molecule has 0 unspecified atom stereocenters. The summed E-state index contributed by atoms with van der Waals surface area (Å²) in [4.78, 5) is 6.94. The molecule has 0 spiro atoms. The van der Waals surface area contributed by atoms with Gasteiger partial charge in [-0.3, -0.25) is 4.90 Å². The molecule has 3 rings (SSSR count). The van der Waals surface area contributed by atoms with E-state index in [9.17, 15) is 0 Å². The molecule has 0 atom stereocenters. The lowest BCUT2D eigenvalue weighted by Gasteiger charge is -2.26. The van der Waals surface area contributed by atoms with Crippen LogP contribution in [0.2, 0.25) is 0 Å². The first-order valence-corrected chi connectivity index (χ1v) is 7.04. The van der Waals surface area contributed by atoms with Crippen LogP contribution in [0.5, 0.6) is 0 Å². The Morgan fingerprint density at radius 3 is 2.94 bits per heavy atom. The average molecular weight is 310 g/mol. The standard InChI is InChI=1S/C13H16BrN3O/c14-11-1-2-12-9-15-13(17(12)10-11)3-4-16-5-7-18-8-6-16/h1-2,9-10H,3-8H2. The average Bonchev–Trinajstić information content (AvgIpc) is 2.80. The fourth-order valence-electron chi connectivity index (χ4n) is 2.29. The van der Waals surface area contributed by atoms with Crippen LogP contribution >= 0.6 is 15.9 Å². The Balaban J connectivity index is 1.72. The zero-order chi connectivity index (χ0) is 12.4. The van der Waals surface area contributed by atoms with E-state index in [1.165, 1.54) is 0 Å². The number of halogens is 1. The van der Waals surface area contributed by atoms with Crippen LogP contribution in [0.4, 0.5) is 0 Å². The Morgan fingerprint density at radius 2 is 2.11 bits per heavy atom. The Morgan fingerprint density at radius 1 is 1.28 bits per heavy atom. The Hall–Kier alpha value is -0.910. The summed E-state index contributed by atoms with van der Waals surface area (Å²) in [5.41, 5.74) is 1.15. The smallest absolute Gasteiger partial charge is 0.114 e. The SMILES string of the molecule is Brc1ccc2cnc(CCN3CCOCC3)n2c1. The Labute approximate surface area is 115 Å². The van der Waals surface area contributed by atoms with E-state index < -0.39 is 0 Å². The van der Waals surface area contributed by atoms with E-state index in [0.29, 0.717) is 0 Å². The second-order valence-electron chi connectivity index (χ2n) is 4.52. The number of hydrogen-bond acceptors (Lipinski definition) is 3. The maximum absolute atomic E-state index is 5.35. The number of rotatable bonds is 3. The van der Waals surface area contributed by atoms with Crippen LogP contribution < -0.4 is 0 Å². The molecule has 4 nitrogen and oxygen atoms in total. The molecule has 1 saturated heterocycles. The minimum Gasteiger partial charge on any atom is -0.379 e. The Kier molecular flexibility index (Phi) is 3.63. The van der Waals surface area contributed by atoms with Gasteiger partial charge < -0.3 is 9.14 Å². The highest BCUT2D eigenvalue weighted by atomic mass is 79.9. The van der Waals surface area contributed by atoms with Crippen LogP contribution in [0.15, 0.2) is 29.0 Å². The van der Waals surface area contributed by atoms with E-state index >= 15 is 0 Å². The van der Waals surface area contributed by atoms with Gasteiger partial charge >= 0.3 is 0 Å². The number of fused-ring (bicyclic) bond motifs is 1. The maximum Gasteiger partial charge on any atom is 0.114 e. The number of pyridine rings is 1. The topological polar surface area (TPSA) is 29.8 Å². The van der Waals surface area contributed by atoms with Gasteiger partial charge in [0.05, 0.1) is 24.9 Å². The molecule has 2 aromatic heterocycles. The van der Waals surface area contributed by atoms with E-state index in [1.54, 1.807) is 0 Å². The van der Waals surface area contributed by atoms with E-state index in [0.717, 1.165) is 55.1 Å². The third-order valence-electron chi connectivity index (χ3n) is 3.32. The Bertz CT molecular complexity index is 534. The zero-order valence-corrected chi connectivity index (χ0v) is 11.8. The summed E-state index contributed by atoms with van der Waals surface area (Å²) in [5.74, 6) is 1.12. The van der Waals surface area contributed by atoms with Crippen LogP contribution in [-0.2, 0) is 11.2 Å². The van der Waals surface area contributed by atoms with Gasteiger partial charge in [0.1, 0.15) is 5.82 Å². The molecule has 0 aromatic carbocycles. The van der Waals surface area contributed by atoms with Crippen molar-refractivity contribution in [3.05, 3.63) is 34.8 Å². The van der Waals surface area contributed by atoms with Crippen molar-refractivity contribution >= 4 is 21.4 Å². The fraction of sp³-hybridized carbons (Fsp3) is 0.462. The van der Waals surface area contributed by atoms with Gasteiger partial charge in [0, 0.05) is 36.7 Å². The number of ether oxygens (including phenoxy) is 1. The molecule has 5 heteroatoms. The molecule has 0 bridgehead atoms. The summed E-state index contributed by atoms with van der Waals surface area (Å²) < 4.78 is 8.60. The molecule has 0 saturated carbocycles. The summed E-state index contributed by atoms with van der Waals surface area (Å²) in [5, 5.41) is 0. The third-order valence-corrected chi connectivity index (χ3v) is 3.79. The summed E-state index contributed by atoms with van der Waals surface area (Å²) in [7, 11) is 0. The molecule has 1 fully saturated rings. The van der Waals surface area contributed by atoms with E-state index in [2.05, 4.69) is 42.5 Å². The molecule has 18 heavy (non-hydrogen) atoms. The van der Waals surface area contributed by atoms with Crippen molar-refractivity contribution in [2.24, 2.45) is 0 Å². The van der Waals surface area contributed by atoms with E-state index in [4.69, 9.17) is 4.74 Å². The second kappa shape index (κ2) is 5.38. The zero-order valence-electron chi connectivity index (χ0n) is 10.2. The number of hydrogen-bond donors (Lipinski definition) is 0. The van der Waals surface area contributed by atoms with Crippen molar-refractivity contribution in [2.75, 3.05) is 32.8 Å². The van der Waals surface area contributed by atoms with Gasteiger partial charge in [-0.25, -0.2) is 4.98 Å². The molecule has 2 aromatic rings. The third kappa shape index (κ3) is 2.58. The lowest BCUT2D eigenvalue weighted by Crippen LogP contribution is -2.37. The van der Waals surface area contributed by atoms with Crippen molar-refractivity contribution in [2.45, 2.75) is 6.42 Å². The van der Waals surface area contributed by atoms with Crippen LogP contribution in [0.25, 0.3) is 5.52 Å². The fourth-order valence-corrected chi connectivity index (χ4v) is 2.62. The van der Waals surface area contributed by atoms with Gasteiger partial charge in [0.15, 0.2) is 0 Å². The number of aromatic nitrogens is 2. The van der Waals surface area contributed by atoms with Crippen molar-refractivity contribution < 1.29 is 4.74 Å². The highest BCUT2D eigenvalue weighted by Crippen LogP contribution is 2.14. The quantitative estimate of drug-likeness (QED) is 0.868. The lowest BCUT2D eigenvalue weighted by molar-refractivity contribution is 0.0382.